The average molecular weight is 230 g/mol. The largest absolute Gasteiger partial charge is 0.298 e. The zero-order valence-electron chi connectivity index (χ0n) is 10.7. The molecular formula is C16H22O. The first-order valence-corrected chi connectivity index (χ1v) is 6.89. The quantitative estimate of drug-likeness (QED) is 0.692. The summed E-state index contributed by atoms with van der Waals surface area (Å²) in [6.07, 6.45) is 8.89. The van der Waals surface area contributed by atoms with Crippen LogP contribution in [0.4, 0.5) is 0 Å². The second-order valence-corrected chi connectivity index (χ2v) is 5.25. The van der Waals surface area contributed by atoms with Crippen LogP contribution < -0.4 is 0 Å². The number of carbonyl (C=O) groups is 1. The van der Waals surface area contributed by atoms with Crippen molar-refractivity contribution in [2.24, 2.45) is 5.92 Å². The van der Waals surface area contributed by atoms with E-state index >= 15 is 0 Å². The van der Waals surface area contributed by atoms with Gasteiger partial charge in [-0.15, -0.1) is 0 Å². The van der Waals surface area contributed by atoms with Crippen molar-refractivity contribution in [2.45, 2.75) is 51.4 Å². The molecule has 0 bridgehead atoms. The number of hydrogen-bond donors (Lipinski definition) is 0. The summed E-state index contributed by atoms with van der Waals surface area (Å²) in [7, 11) is 0. The fraction of sp³-hybridized carbons (Fsp3) is 0.562. The van der Waals surface area contributed by atoms with Gasteiger partial charge in [-0.2, -0.15) is 0 Å². The lowest BCUT2D eigenvalue weighted by atomic mass is 9.76. The van der Waals surface area contributed by atoms with Crippen LogP contribution >= 0.6 is 0 Å². The lowest BCUT2D eigenvalue weighted by molar-refractivity contribution is 0.112. The molecule has 1 fully saturated rings. The Bertz CT molecular complexity index is 362. The van der Waals surface area contributed by atoms with E-state index in [0.29, 0.717) is 5.92 Å². The van der Waals surface area contributed by atoms with E-state index < -0.39 is 0 Å². The second kappa shape index (κ2) is 6.00. The Kier molecular flexibility index (Phi) is 4.36. The first kappa shape index (κ1) is 12.3. The molecule has 1 aromatic carbocycles. The fourth-order valence-corrected chi connectivity index (χ4v) is 3.16. The van der Waals surface area contributed by atoms with Crippen molar-refractivity contribution in [1.29, 1.82) is 0 Å². The molecule has 1 saturated carbocycles. The Labute approximate surface area is 104 Å². The second-order valence-electron chi connectivity index (χ2n) is 5.25. The number of aldehydes is 1. The van der Waals surface area contributed by atoms with Crippen LogP contribution in [-0.4, -0.2) is 6.29 Å². The van der Waals surface area contributed by atoms with E-state index in [1.54, 1.807) is 0 Å². The molecular weight excluding hydrogens is 208 g/mol. The van der Waals surface area contributed by atoms with Crippen molar-refractivity contribution < 1.29 is 4.79 Å². The lowest BCUT2D eigenvalue weighted by Crippen LogP contribution is -2.14. The molecule has 0 radical (unpaired) electrons. The minimum atomic E-state index is 0.615. The van der Waals surface area contributed by atoms with Gasteiger partial charge in [0, 0.05) is 5.56 Å². The summed E-state index contributed by atoms with van der Waals surface area (Å²) in [5.41, 5.74) is 2.17. The molecule has 0 unspecified atom stereocenters. The van der Waals surface area contributed by atoms with Crippen LogP contribution in [0.15, 0.2) is 24.3 Å². The fourth-order valence-electron chi connectivity index (χ4n) is 3.16. The van der Waals surface area contributed by atoms with Gasteiger partial charge in [0.2, 0.25) is 0 Å². The molecule has 1 nitrogen and oxygen atoms in total. The van der Waals surface area contributed by atoms with Crippen molar-refractivity contribution in [3.8, 4) is 0 Å². The van der Waals surface area contributed by atoms with Crippen LogP contribution in [-0.2, 0) is 0 Å². The lowest BCUT2D eigenvalue weighted by Gasteiger charge is -2.29. The van der Waals surface area contributed by atoms with Gasteiger partial charge in [0.15, 0.2) is 0 Å². The Balaban J connectivity index is 2.02. The molecule has 1 aliphatic rings. The molecule has 0 N–H and O–H groups in total. The summed E-state index contributed by atoms with van der Waals surface area (Å²) in [4.78, 5) is 11.0. The highest BCUT2D eigenvalue weighted by Gasteiger charge is 2.23. The normalized spacial score (nSPS) is 24.5. The van der Waals surface area contributed by atoms with Crippen LogP contribution in [0.25, 0.3) is 0 Å². The van der Waals surface area contributed by atoms with Crippen LogP contribution in [0.2, 0.25) is 0 Å². The number of carbonyl (C=O) groups excluding carboxylic acids is 1. The SMILES string of the molecule is CCCC1CCC(c2ccccc2C=O)CC1. The first-order chi connectivity index (χ1) is 8.35. The average Bonchev–Trinajstić information content (AvgIpc) is 2.40. The maximum Gasteiger partial charge on any atom is 0.150 e. The predicted octanol–water partition coefficient (Wildman–Crippen LogP) is 4.57. The van der Waals surface area contributed by atoms with E-state index in [-0.39, 0.29) is 0 Å². The van der Waals surface area contributed by atoms with Gasteiger partial charge in [0.05, 0.1) is 0 Å². The standard InChI is InChI=1S/C16H22O/c1-2-5-13-8-10-14(11-9-13)16-7-4-3-6-15(16)12-17/h3-4,6-7,12-14H,2,5,8-11H2,1H3. The maximum absolute atomic E-state index is 11.0. The van der Waals surface area contributed by atoms with Crippen molar-refractivity contribution >= 4 is 6.29 Å². The van der Waals surface area contributed by atoms with Crippen LogP contribution in [0.5, 0.6) is 0 Å². The molecule has 0 heterocycles. The summed E-state index contributed by atoms with van der Waals surface area (Å²) in [5, 5.41) is 0. The zero-order valence-corrected chi connectivity index (χ0v) is 10.7. The van der Waals surface area contributed by atoms with Crippen molar-refractivity contribution in [3.63, 3.8) is 0 Å². The zero-order chi connectivity index (χ0) is 12.1. The Morgan fingerprint density at radius 1 is 1.18 bits per heavy atom. The van der Waals surface area contributed by atoms with Gasteiger partial charge in [0.25, 0.3) is 0 Å². The Hall–Kier alpha value is -1.11. The highest BCUT2D eigenvalue weighted by molar-refractivity contribution is 5.77. The molecule has 1 aliphatic carbocycles. The van der Waals surface area contributed by atoms with E-state index in [0.717, 1.165) is 17.8 Å². The Morgan fingerprint density at radius 3 is 2.53 bits per heavy atom. The van der Waals surface area contributed by atoms with Gasteiger partial charge in [-0.3, -0.25) is 4.79 Å². The molecule has 92 valence electrons. The summed E-state index contributed by atoms with van der Waals surface area (Å²) in [6.45, 7) is 2.27. The molecule has 0 spiro atoms. The van der Waals surface area contributed by atoms with E-state index in [4.69, 9.17) is 0 Å². The topological polar surface area (TPSA) is 17.1 Å². The first-order valence-electron chi connectivity index (χ1n) is 6.89. The highest BCUT2D eigenvalue weighted by Crippen LogP contribution is 2.38. The highest BCUT2D eigenvalue weighted by atomic mass is 16.1. The van der Waals surface area contributed by atoms with Gasteiger partial charge >= 0.3 is 0 Å². The van der Waals surface area contributed by atoms with Crippen molar-refractivity contribution in [1.82, 2.24) is 0 Å². The van der Waals surface area contributed by atoms with Crippen molar-refractivity contribution in [2.75, 3.05) is 0 Å². The smallest absolute Gasteiger partial charge is 0.150 e. The minimum absolute atomic E-state index is 0.615. The van der Waals surface area contributed by atoms with Gasteiger partial charge in [-0.05, 0) is 43.1 Å². The van der Waals surface area contributed by atoms with E-state index in [1.807, 2.05) is 12.1 Å². The molecule has 0 amide bonds. The molecule has 1 heteroatoms. The number of rotatable bonds is 4. The van der Waals surface area contributed by atoms with Gasteiger partial charge < -0.3 is 0 Å². The molecule has 0 saturated heterocycles. The number of benzene rings is 1. The third kappa shape index (κ3) is 2.96. The maximum atomic E-state index is 11.0. The Morgan fingerprint density at radius 2 is 1.88 bits per heavy atom. The van der Waals surface area contributed by atoms with Gasteiger partial charge in [0.1, 0.15) is 6.29 Å². The van der Waals surface area contributed by atoms with Crippen LogP contribution in [0.3, 0.4) is 0 Å². The third-order valence-corrected chi connectivity index (χ3v) is 4.11. The summed E-state index contributed by atoms with van der Waals surface area (Å²) < 4.78 is 0. The molecule has 0 atom stereocenters. The van der Waals surface area contributed by atoms with Crippen LogP contribution in [0.1, 0.15) is 67.3 Å². The van der Waals surface area contributed by atoms with Gasteiger partial charge in [-0.25, -0.2) is 0 Å². The predicted molar refractivity (Wildman–Crippen MR) is 71.4 cm³/mol. The minimum Gasteiger partial charge on any atom is -0.298 e. The molecule has 1 aromatic rings. The molecule has 17 heavy (non-hydrogen) atoms. The van der Waals surface area contributed by atoms with Gasteiger partial charge in [-0.1, -0.05) is 44.0 Å². The monoisotopic (exact) mass is 230 g/mol. The van der Waals surface area contributed by atoms with Crippen LogP contribution in [0, 0.1) is 5.92 Å². The molecule has 0 aliphatic heterocycles. The third-order valence-electron chi connectivity index (χ3n) is 4.11. The number of hydrogen-bond acceptors (Lipinski definition) is 1. The van der Waals surface area contributed by atoms with E-state index in [9.17, 15) is 4.79 Å². The van der Waals surface area contributed by atoms with E-state index in [2.05, 4.69) is 19.1 Å². The summed E-state index contributed by atoms with van der Waals surface area (Å²) in [6, 6.07) is 8.09. The van der Waals surface area contributed by atoms with E-state index in [1.165, 1.54) is 44.1 Å². The molecule has 0 aromatic heterocycles. The summed E-state index contributed by atoms with van der Waals surface area (Å²) >= 11 is 0. The summed E-state index contributed by atoms with van der Waals surface area (Å²) in [5.74, 6) is 1.55. The van der Waals surface area contributed by atoms with Crippen molar-refractivity contribution in [3.05, 3.63) is 35.4 Å². The molecule has 2 rings (SSSR count).